The average molecular weight is 198 g/mol. The number of hydrogen-bond acceptors (Lipinski definition) is 2. The number of hydrogen-bond donors (Lipinski definition) is 1. The van der Waals surface area contributed by atoms with Gasteiger partial charge < -0.3 is 10.2 Å². The van der Waals surface area contributed by atoms with Crippen LogP contribution in [-0.4, -0.2) is 37.0 Å². The second kappa shape index (κ2) is 7.56. The van der Waals surface area contributed by atoms with E-state index in [9.17, 15) is 4.79 Å². The minimum absolute atomic E-state index is 0.178. The van der Waals surface area contributed by atoms with Crippen LogP contribution in [0.5, 0.6) is 0 Å². The van der Waals surface area contributed by atoms with Crippen LogP contribution in [0, 0.1) is 0 Å². The van der Waals surface area contributed by atoms with Gasteiger partial charge in [-0.2, -0.15) is 0 Å². The summed E-state index contributed by atoms with van der Waals surface area (Å²) in [5.41, 5.74) is 1.27. The van der Waals surface area contributed by atoms with Gasteiger partial charge in [-0.3, -0.25) is 4.79 Å². The van der Waals surface area contributed by atoms with Crippen molar-refractivity contribution in [1.29, 1.82) is 0 Å². The van der Waals surface area contributed by atoms with Gasteiger partial charge in [-0.05, 0) is 27.7 Å². The van der Waals surface area contributed by atoms with Crippen LogP contribution in [0.15, 0.2) is 11.6 Å². The lowest BCUT2D eigenvalue weighted by Crippen LogP contribution is -2.37. The normalized spacial score (nSPS) is 9.71. The van der Waals surface area contributed by atoms with Crippen LogP contribution < -0.4 is 5.32 Å². The Balaban J connectivity index is 3.68. The molecule has 1 amide bonds. The second-order valence-electron chi connectivity index (χ2n) is 3.48. The van der Waals surface area contributed by atoms with Crippen molar-refractivity contribution in [2.75, 3.05) is 26.2 Å². The summed E-state index contributed by atoms with van der Waals surface area (Å²) in [5, 5.41) is 3.10. The smallest absolute Gasteiger partial charge is 0.236 e. The first-order valence-corrected chi connectivity index (χ1v) is 5.23. The van der Waals surface area contributed by atoms with Crippen molar-refractivity contribution in [3.05, 3.63) is 11.6 Å². The van der Waals surface area contributed by atoms with Crippen molar-refractivity contribution in [2.45, 2.75) is 27.7 Å². The van der Waals surface area contributed by atoms with Gasteiger partial charge >= 0.3 is 0 Å². The molecule has 0 aliphatic carbocycles. The van der Waals surface area contributed by atoms with E-state index in [0.29, 0.717) is 6.54 Å². The fraction of sp³-hybridized carbons (Fsp3) is 0.727. The highest BCUT2D eigenvalue weighted by Crippen LogP contribution is 1.88. The molecule has 0 fully saturated rings. The van der Waals surface area contributed by atoms with Gasteiger partial charge in [-0.15, -0.1) is 0 Å². The van der Waals surface area contributed by atoms with Crippen LogP contribution in [-0.2, 0) is 4.79 Å². The van der Waals surface area contributed by atoms with Crippen LogP contribution >= 0.6 is 0 Å². The molecule has 3 heteroatoms. The first-order chi connectivity index (χ1) is 6.61. The topological polar surface area (TPSA) is 32.3 Å². The molecular formula is C11H22N2O. The zero-order chi connectivity index (χ0) is 11.0. The maximum Gasteiger partial charge on any atom is 0.236 e. The number of amides is 1. The SMILES string of the molecule is CCN(CC)C(=O)CNCC=C(C)C. The van der Waals surface area contributed by atoms with E-state index < -0.39 is 0 Å². The van der Waals surface area contributed by atoms with Crippen LogP contribution in [0.25, 0.3) is 0 Å². The second-order valence-corrected chi connectivity index (χ2v) is 3.48. The minimum Gasteiger partial charge on any atom is -0.342 e. The fourth-order valence-electron chi connectivity index (χ4n) is 1.14. The Morgan fingerprint density at radius 3 is 2.29 bits per heavy atom. The molecule has 1 N–H and O–H groups in total. The molecular weight excluding hydrogens is 176 g/mol. The zero-order valence-electron chi connectivity index (χ0n) is 9.76. The molecule has 0 bridgehead atoms. The fourth-order valence-corrected chi connectivity index (χ4v) is 1.14. The van der Waals surface area contributed by atoms with Crippen molar-refractivity contribution in [3.63, 3.8) is 0 Å². The van der Waals surface area contributed by atoms with Crippen LogP contribution in [0.3, 0.4) is 0 Å². The van der Waals surface area contributed by atoms with Crippen molar-refractivity contribution in [3.8, 4) is 0 Å². The number of likely N-dealkylation sites (N-methyl/N-ethyl adjacent to an activating group) is 1. The van der Waals surface area contributed by atoms with Crippen LogP contribution in [0.1, 0.15) is 27.7 Å². The van der Waals surface area contributed by atoms with Gasteiger partial charge in [0.05, 0.1) is 6.54 Å². The molecule has 0 saturated carbocycles. The monoisotopic (exact) mass is 198 g/mol. The van der Waals surface area contributed by atoms with E-state index in [0.717, 1.165) is 19.6 Å². The first kappa shape index (κ1) is 13.2. The van der Waals surface area contributed by atoms with Crippen LogP contribution in [0.2, 0.25) is 0 Å². The molecule has 0 atom stereocenters. The van der Waals surface area contributed by atoms with E-state index in [1.54, 1.807) is 0 Å². The highest BCUT2D eigenvalue weighted by molar-refractivity contribution is 5.78. The Labute approximate surface area is 87.2 Å². The third-order valence-corrected chi connectivity index (χ3v) is 2.05. The first-order valence-electron chi connectivity index (χ1n) is 5.23. The largest absolute Gasteiger partial charge is 0.342 e. The summed E-state index contributed by atoms with van der Waals surface area (Å²) in [6, 6.07) is 0. The molecule has 0 aliphatic heterocycles. The molecule has 0 aromatic carbocycles. The molecule has 0 saturated heterocycles. The molecule has 0 aromatic rings. The van der Waals surface area contributed by atoms with Gasteiger partial charge in [0.2, 0.25) is 5.91 Å². The summed E-state index contributed by atoms with van der Waals surface area (Å²) < 4.78 is 0. The van der Waals surface area contributed by atoms with E-state index in [1.165, 1.54) is 5.57 Å². The summed E-state index contributed by atoms with van der Waals surface area (Å²) in [7, 11) is 0. The molecule has 0 aliphatic rings. The lowest BCUT2D eigenvalue weighted by atomic mass is 10.3. The summed E-state index contributed by atoms with van der Waals surface area (Å²) >= 11 is 0. The van der Waals surface area contributed by atoms with E-state index in [4.69, 9.17) is 0 Å². The Kier molecular flexibility index (Phi) is 7.11. The number of carbonyl (C=O) groups excluding carboxylic acids is 1. The molecule has 14 heavy (non-hydrogen) atoms. The van der Waals surface area contributed by atoms with Gasteiger partial charge in [0.15, 0.2) is 0 Å². The summed E-state index contributed by atoms with van der Waals surface area (Å²) in [4.78, 5) is 13.3. The maximum atomic E-state index is 11.5. The number of allylic oxidation sites excluding steroid dienone is 1. The molecule has 3 nitrogen and oxygen atoms in total. The Morgan fingerprint density at radius 1 is 1.29 bits per heavy atom. The summed E-state index contributed by atoms with van der Waals surface area (Å²) in [6.07, 6.45) is 2.08. The van der Waals surface area contributed by atoms with Gasteiger partial charge in [0.1, 0.15) is 0 Å². The highest BCUT2D eigenvalue weighted by atomic mass is 16.2. The van der Waals surface area contributed by atoms with Crippen molar-refractivity contribution in [2.24, 2.45) is 0 Å². The number of rotatable bonds is 6. The molecule has 0 radical (unpaired) electrons. The highest BCUT2D eigenvalue weighted by Gasteiger charge is 2.07. The van der Waals surface area contributed by atoms with Crippen molar-refractivity contribution in [1.82, 2.24) is 10.2 Å². The molecule has 0 unspecified atom stereocenters. The predicted molar refractivity (Wildman–Crippen MR) is 60.2 cm³/mol. The minimum atomic E-state index is 0.178. The van der Waals surface area contributed by atoms with Crippen LogP contribution in [0.4, 0.5) is 0 Å². The van der Waals surface area contributed by atoms with Gasteiger partial charge in [-0.25, -0.2) is 0 Å². The van der Waals surface area contributed by atoms with E-state index in [-0.39, 0.29) is 5.91 Å². The van der Waals surface area contributed by atoms with E-state index in [2.05, 4.69) is 11.4 Å². The molecule has 82 valence electrons. The zero-order valence-corrected chi connectivity index (χ0v) is 9.76. The van der Waals surface area contributed by atoms with Gasteiger partial charge in [0, 0.05) is 19.6 Å². The van der Waals surface area contributed by atoms with E-state index in [1.807, 2.05) is 32.6 Å². The molecule has 0 spiro atoms. The third kappa shape index (κ3) is 5.75. The lowest BCUT2D eigenvalue weighted by Gasteiger charge is -2.18. The lowest BCUT2D eigenvalue weighted by molar-refractivity contribution is -0.129. The summed E-state index contributed by atoms with van der Waals surface area (Å²) in [6.45, 7) is 10.9. The Morgan fingerprint density at radius 2 is 1.86 bits per heavy atom. The van der Waals surface area contributed by atoms with Crippen molar-refractivity contribution < 1.29 is 4.79 Å². The number of carbonyl (C=O) groups is 1. The Bertz CT molecular complexity index is 191. The summed E-state index contributed by atoms with van der Waals surface area (Å²) in [5.74, 6) is 0.178. The number of nitrogens with zero attached hydrogens (tertiary/aromatic N) is 1. The third-order valence-electron chi connectivity index (χ3n) is 2.05. The van der Waals surface area contributed by atoms with Crippen molar-refractivity contribution >= 4 is 5.91 Å². The average Bonchev–Trinajstić information content (AvgIpc) is 2.14. The molecule has 0 heterocycles. The Hall–Kier alpha value is -0.830. The molecule has 0 aromatic heterocycles. The number of nitrogens with one attached hydrogen (secondary N) is 1. The maximum absolute atomic E-state index is 11.5. The quantitative estimate of drug-likeness (QED) is 0.517. The predicted octanol–water partition coefficient (Wildman–Crippen LogP) is 1.41. The van der Waals surface area contributed by atoms with E-state index >= 15 is 0 Å². The van der Waals surface area contributed by atoms with Gasteiger partial charge in [-0.1, -0.05) is 11.6 Å². The molecule has 0 rings (SSSR count). The van der Waals surface area contributed by atoms with Gasteiger partial charge in [0.25, 0.3) is 0 Å². The standard InChI is InChI=1S/C11H22N2O/c1-5-13(6-2)11(14)9-12-8-7-10(3)4/h7,12H,5-6,8-9H2,1-4H3.